The number of amides is 1. The minimum absolute atomic E-state index is 0.0265. The Morgan fingerprint density at radius 2 is 2.21 bits per heavy atom. The Balaban J connectivity index is 1.52. The second-order valence-corrected chi connectivity index (χ2v) is 6.61. The molecule has 1 atom stereocenters. The van der Waals surface area contributed by atoms with Crippen LogP contribution in [-0.4, -0.2) is 45.8 Å². The number of rotatable bonds is 5. The number of carbonyl (C=O) groups excluding carboxylic acids is 1. The zero-order valence-electron chi connectivity index (χ0n) is 13.5. The Morgan fingerprint density at radius 3 is 2.92 bits per heavy atom. The van der Waals surface area contributed by atoms with Gasteiger partial charge in [-0.2, -0.15) is 5.10 Å². The van der Waals surface area contributed by atoms with Crippen LogP contribution in [0.1, 0.15) is 36.2 Å². The molecule has 2 heterocycles. The van der Waals surface area contributed by atoms with Crippen molar-refractivity contribution in [1.29, 1.82) is 0 Å². The Bertz CT molecular complexity index is 734. The van der Waals surface area contributed by atoms with Gasteiger partial charge in [0, 0.05) is 24.8 Å². The summed E-state index contributed by atoms with van der Waals surface area (Å²) < 4.78 is 14.9. The van der Waals surface area contributed by atoms with Crippen LogP contribution in [0.2, 0.25) is 0 Å². The monoisotopic (exact) mass is 328 g/mol. The smallest absolute Gasteiger partial charge is 0.274 e. The molecule has 24 heavy (non-hydrogen) atoms. The van der Waals surface area contributed by atoms with Crippen LogP contribution in [0.15, 0.2) is 36.5 Å². The lowest BCUT2D eigenvalue weighted by Gasteiger charge is -2.25. The molecule has 2 fully saturated rings. The second kappa shape index (κ2) is 6.36. The van der Waals surface area contributed by atoms with Crippen molar-refractivity contribution in [3.63, 3.8) is 0 Å². The molecule has 1 aliphatic carbocycles. The largest absolute Gasteiger partial charge is 0.333 e. The van der Waals surface area contributed by atoms with E-state index in [9.17, 15) is 9.18 Å². The number of hydrogen-bond acceptors (Lipinski definition) is 3. The SMILES string of the molecule is O=C(c1ccn(-c2cccc(F)c2)n1)N(CC1CCCN1)C1CC1. The molecule has 2 aliphatic rings. The molecule has 6 heteroatoms. The Labute approximate surface area is 140 Å². The molecule has 4 rings (SSSR count). The third kappa shape index (κ3) is 3.19. The van der Waals surface area contributed by atoms with Gasteiger partial charge in [-0.05, 0) is 56.5 Å². The van der Waals surface area contributed by atoms with E-state index in [0.717, 1.165) is 32.4 Å². The minimum Gasteiger partial charge on any atom is -0.333 e. The van der Waals surface area contributed by atoms with Crippen molar-refractivity contribution in [1.82, 2.24) is 20.0 Å². The van der Waals surface area contributed by atoms with Crippen molar-refractivity contribution < 1.29 is 9.18 Å². The molecule has 5 nitrogen and oxygen atoms in total. The predicted molar refractivity (Wildman–Crippen MR) is 88.6 cm³/mol. The van der Waals surface area contributed by atoms with Crippen molar-refractivity contribution in [2.75, 3.05) is 13.1 Å². The number of carbonyl (C=O) groups is 1. The van der Waals surface area contributed by atoms with Gasteiger partial charge in [-0.1, -0.05) is 6.07 Å². The van der Waals surface area contributed by atoms with Gasteiger partial charge >= 0.3 is 0 Å². The summed E-state index contributed by atoms with van der Waals surface area (Å²) in [6.45, 7) is 1.78. The van der Waals surface area contributed by atoms with Crippen molar-refractivity contribution in [2.24, 2.45) is 0 Å². The number of nitrogens with zero attached hydrogens (tertiary/aromatic N) is 3. The van der Waals surface area contributed by atoms with E-state index >= 15 is 0 Å². The first kappa shape index (κ1) is 15.3. The van der Waals surface area contributed by atoms with Crippen LogP contribution < -0.4 is 5.32 Å². The summed E-state index contributed by atoms with van der Waals surface area (Å²) in [4.78, 5) is 14.8. The minimum atomic E-state index is -0.317. The molecule has 1 aliphatic heterocycles. The zero-order valence-corrected chi connectivity index (χ0v) is 13.5. The molecule has 1 unspecified atom stereocenters. The maximum atomic E-state index is 13.4. The van der Waals surface area contributed by atoms with Crippen molar-refractivity contribution in [3.8, 4) is 5.69 Å². The topological polar surface area (TPSA) is 50.2 Å². The fourth-order valence-corrected chi connectivity index (χ4v) is 3.28. The normalized spacial score (nSPS) is 20.3. The number of halogens is 1. The van der Waals surface area contributed by atoms with Crippen molar-refractivity contribution in [3.05, 3.63) is 48.0 Å². The zero-order chi connectivity index (χ0) is 16.5. The van der Waals surface area contributed by atoms with Crippen LogP contribution in [0.3, 0.4) is 0 Å². The van der Waals surface area contributed by atoms with E-state index in [1.165, 1.54) is 18.6 Å². The summed E-state index contributed by atoms with van der Waals surface area (Å²) in [5, 5.41) is 7.82. The summed E-state index contributed by atoms with van der Waals surface area (Å²) in [5.41, 5.74) is 1.04. The molecule has 1 amide bonds. The van der Waals surface area contributed by atoms with Crippen LogP contribution in [-0.2, 0) is 0 Å². The number of aromatic nitrogens is 2. The summed E-state index contributed by atoms with van der Waals surface area (Å²) in [6.07, 6.45) is 6.15. The highest BCUT2D eigenvalue weighted by Gasteiger charge is 2.35. The molecular formula is C18H21FN4O. The van der Waals surface area contributed by atoms with Crippen molar-refractivity contribution >= 4 is 5.91 Å². The highest BCUT2D eigenvalue weighted by Crippen LogP contribution is 2.29. The lowest BCUT2D eigenvalue weighted by molar-refractivity contribution is 0.0722. The van der Waals surface area contributed by atoms with Gasteiger partial charge in [-0.3, -0.25) is 4.79 Å². The van der Waals surface area contributed by atoms with Gasteiger partial charge in [0.15, 0.2) is 5.69 Å². The first-order valence-corrected chi connectivity index (χ1v) is 8.57. The quantitative estimate of drug-likeness (QED) is 0.917. The van der Waals surface area contributed by atoms with Crippen LogP contribution in [0.4, 0.5) is 4.39 Å². The first-order valence-electron chi connectivity index (χ1n) is 8.57. The van der Waals surface area contributed by atoms with Gasteiger partial charge in [0.05, 0.1) is 5.69 Å². The van der Waals surface area contributed by atoms with E-state index in [2.05, 4.69) is 10.4 Å². The molecule has 1 N–H and O–H groups in total. The van der Waals surface area contributed by atoms with E-state index in [1.54, 1.807) is 29.1 Å². The van der Waals surface area contributed by atoms with Gasteiger partial charge in [0.2, 0.25) is 0 Å². The van der Waals surface area contributed by atoms with Gasteiger partial charge < -0.3 is 10.2 Å². The lowest BCUT2D eigenvalue weighted by atomic mass is 10.2. The molecule has 1 aromatic heterocycles. The summed E-state index contributed by atoms with van der Waals surface area (Å²) in [7, 11) is 0. The van der Waals surface area contributed by atoms with Crippen LogP contribution in [0.25, 0.3) is 5.69 Å². The first-order chi connectivity index (χ1) is 11.7. The molecule has 1 saturated carbocycles. The summed E-state index contributed by atoms with van der Waals surface area (Å²) in [5.74, 6) is -0.343. The molecule has 1 saturated heterocycles. The Hall–Kier alpha value is -2.21. The Kier molecular flexibility index (Phi) is 4.06. The van der Waals surface area contributed by atoms with Gasteiger partial charge in [-0.15, -0.1) is 0 Å². The van der Waals surface area contributed by atoms with E-state index in [4.69, 9.17) is 0 Å². The lowest BCUT2D eigenvalue weighted by Crippen LogP contribution is -2.42. The molecule has 126 valence electrons. The predicted octanol–water partition coefficient (Wildman–Crippen LogP) is 2.37. The molecule has 0 bridgehead atoms. The van der Waals surface area contributed by atoms with Crippen molar-refractivity contribution in [2.45, 2.75) is 37.8 Å². The molecule has 2 aromatic rings. The second-order valence-electron chi connectivity index (χ2n) is 6.61. The summed E-state index contributed by atoms with van der Waals surface area (Å²) >= 11 is 0. The fourth-order valence-electron chi connectivity index (χ4n) is 3.28. The molecular weight excluding hydrogens is 307 g/mol. The average molecular weight is 328 g/mol. The highest BCUT2D eigenvalue weighted by molar-refractivity contribution is 5.92. The highest BCUT2D eigenvalue weighted by atomic mass is 19.1. The number of benzene rings is 1. The van der Waals surface area contributed by atoms with Crippen LogP contribution in [0, 0.1) is 5.82 Å². The molecule has 1 aromatic carbocycles. The standard InChI is InChI=1S/C18H21FN4O/c19-13-3-1-5-16(11-13)23-10-8-17(21-23)18(24)22(15-6-7-15)12-14-4-2-9-20-14/h1,3,5,8,10-11,14-15,20H,2,4,6-7,9,12H2. The maximum absolute atomic E-state index is 13.4. The Morgan fingerprint density at radius 1 is 1.33 bits per heavy atom. The van der Waals surface area contributed by atoms with E-state index in [0.29, 0.717) is 23.5 Å². The maximum Gasteiger partial charge on any atom is 0.274 e. The average Bonchev–Trinajstić information content (AvgIpc) is 3.10. The van der Waals surface area contributed by atoms with E-state index < -0.39 is 0 Å². The van der Waals surface area contributed by atoms with Gasteiger partial charge in [-0.25, -0.2) is 9.07 Å². The fraction of sp³-hybridized carbons (Fsp3) is 0.444. The number of hydrogen-bond donors (Lipinski definition) is 1. The van der Waals surface area contributed by atoms with Crippen LogP contribution in [0.5, 0.6) is 0 Å². The number of nitrogens with one attached hydrogen (secondary N) is 1. The summed E-state index contributed by atoms with van der Waals surface area (Å²) in [6, 6.07) is 8.65. The van der Waals surface area contributed by atoms with E-state index in [1.807, 2.05) is 4.90 Å². The third-order valence-electron chi connectivity index (χ3n) is 4.71. The molecule has 0 spiro atoms. The molecule has 0 radical (unpaired) electrons. The van der Waals surface area contributed by atoms with Crippen LogP contribution >= 0.6 is 0 Å². The van der Waals surface area contributed by atoms with Gasteiger partial charge in [0.1, 0.15) is 5.82 Å². The third-order valence-corrected chi connectivity index (χ3v) is 4.71. The van der Waals surface area contributed by atoms with Gasteiger partial charge in [0.25, 0.3) is 5.91 Å². The van der Waals surface area contributed by atoms with E-state index in [-0.39, 0.29) is 11.7 Å².